The van der Waals surface area contributed by atoms with Crippen LogP contribution in [0.3, 0.4) is 0 Å². The van der Waals surface area contributed by atoms with Crippen LogP contribution in [0, 0.1) is 23.3 Å². The predicted octanol–water partition coefficient (Wildman–Crippen LogP) is 6.56. The zero-order chi connectivity index (χ0) is 19.6. The van der Waals surface area contributed by atoms with Crippen LogP contribution >= 0.6 is 0 Å². The van der Waals surface area contributed by atoms with Crippen LogP contribution in [-0.4, -0.2) is 22.5 Å². The van der Waals surface area contributed by atoms with Crippen molar-refractivity contribution in [2.45, 2.75) is 90.8 Å². The third-order valence-electron chi connectivity index (χ3n) is 4.16. The average Bonchev–Trinajstić information content (AvgIpc) is 2.43. The van der Waals surface area contributed by atoms with Crippen LogP contribution < -0.4 is 0 Å². The van der Waals surface area contributed by atoms with E-state index in [1.807, 2.05) is 6.08 Å². The Kier molecular flexibility index (Phi) is 10.4. The normalized spacial score (nSPS) is 14.1. The van der Waals surface area contributed by atoms with E-state index in [2.05, 4.69) is 102 Å². The molecule has 1 atom stereocenters. The molecule has 0 radical (unpaired) electrons. The molecule has 3 heteroatoms. The van der Waals surface area contributed by atoms with E-state index in [1.165, 1.54) is 0 Å². The maximum absolute atomic E-state index is 6.53. The van der Waals surface area contributed by atoms with Crippen molar-refractivity contribution in [1.29, 1.82) is 0 Å². The minimum Gasteiger partial charge on any atom is -0.410 e. The molecule has 0 saturated carbocycles. The highest BCUT2D eigenvalue weighted by atomic mass is 28.4. The van der Waals surface area contributed by atoms with Gasteiger partial charge in [-0.1, -0.05) is 77.2 Å². The van der Waals surface area contributed by atoms with Crippen molar-refractivity contribution in [1.82, 2.24) is 0 Å². The topological polar surface area (TPSA) is 9.23 Å². The lowest BCUT2D eigenvalue weighted by Crippen LogP contribution is -2.43. The summed E-state index contributed by atoms with van der Waals surface area (Å²) in [6, 6.07) is 0. The zero-order valence-corrected chi connectivity index (χ0v) is 19.9. The highest BCUT2D eigenvalue weighted by Gasteiger charge is 2.38. The van der Waals surface area contributed by atoms with Gasteiger partial charge in [-0.2, -0.15) is 0 Å². The van der Waals surface area contributed by atoms with Crippen molar-refractivity contribution in [2.24, 2.45) is 0 Å². The van der Waals surface area contributed by atoms with Crippen LogP contribution in [0.15, 0.2) is 24.3 Å². The highest BCUT2D eigenvalue weighted by molar-refractivity contribution is 6.83. The van der Waals surface area contributed by atoms with Crippen molar-refractivity contribution >= 4 is 16.4 Å². The fraction of sp³-hybridized carbons (Fsp3) is 0.636. The van der Waals surface area contributed by atoms with E-state index in [1.54, 1.807) is 0 Å². The smallest absolute Gasteiger partial charge is 0.192 e. The molecule has 0 heterocycles. The van der Waals surface area contributed by atoms with Crippen molar-refractivity contribution in [3.8, 4) is 23.3 Å². The van der Waals surface area contributed by atoms with Gasteiger partial charge in [-0.25, -0.2) is 0 Å². The molecule has 0 fully saturated rings. The molecule has 0 amide bonds. The maximum Gasteiger partial charge on any atom is 0.192 e. The lowest BCUT2D eigenvalue weighted by Gasteiger charge is -2.38. The van der Waals surface area contributed by atoms with Crippen molar-refractivity contribution in [3.63, 3.8) is 0 Å². The molecule has 0 aromatic heterocycles. The maximum atomic E-state index is 6.53. The first kappa shape index (κ1) is 24.0. The Morgan fingerprint density at radius 3 is 2.16 bits per heavy atom. The van der Waals surface area contributed by atoms with Crippen LogP contribution in [-0.2, 0) is 4.43 Å². The molecule has 0 spiro atoms. The van der Waals surface area contributed by atoms with E-state index in [9.17, 15) is 0 Å². The molecule has 0 bridgehead atoms. The number of allylic oxidation sites excluding steroid dienone is 2. The number of hydrogen-bond acceptors (Lipinski definition) is 1. The Morgan fingerprint density at radius 2 is 1.64 bits per heavy atom. The fourth-order valence-electron chi connectivity index (χ4n) is 1.74. The average molecular weight is 375 g/mol. The van der Waals surface area contributed by atoms with E-state index in [4.69, 9.17) is 4.43 Å². The van der Waals surface area contributed by atoms with Gasteiger partial charge in [0, 0.05) is 0 Å². The molecule has 0 aromatic carbocycles. The molecule has 1 unspecified atom stereocenters. The Labute approximate surface area is 159 Å². The summed E-state index contributed by atoms with van der Waals surface area (Å²) in [4.78, 5) is 0. The summed E-state index contributed by atoms with van der Waals surface area (Å²) in [7, 11) is -3.06. The minimum atomic E-state index is -1.78. The van der Waals surface area contributed by atoms with Gasteiger partial charge in [0.1, 0.15) is 8.07 Å². The van der Waals surface area contributed by atoms with E-state index in [-0.39, 0.29) is 11.1 Å². The molecule has 0 rings (SSSR count). The Hall–Kier alpha value is -1.01. The van der Waals surface area contributed by atoms with Gasteiger partial charge in [0.15, 0.2) is 8.32 Å². The first-order valence-corrected chi connectivity index (χ1v) is 15.8. The first-order valence-electron chi connectivity index (χ1n) is 9.37. The number of rotatable bonds is 6. The van der Waals surface area contributed by atoms with Gasteiger partial charge in [0.05, 0.1) is 12.5 Å². The zero-order valence-electron chi connectivity index (χ0n) is 17.9. The summed E-state index contributed by atoms with van der Waals surface area (Å²) < 4.78 is 6.53. The minimum absolute atomic E-state index is 0.103. The van der Waals surface area contributed by atoms with Crippen LogP contribution in [0.4, 0.5) is 0 Å². The monoisotopic (exact) mass is 374 g/mol. The Morgan fingerprint density at radius 1 is 1.00 bits per heavy atom. The second kappa shape index (κ2) is 10.9. The Balaban J connectivity index is 4.90. The summed E-state index contributed by atoms with van der Waals surface area (Å²) in [5, 5.41) is 0.214. The van der Waals surface area contributed by atoms with Gasteiger partial charge in [0.25, 0.3) is 0 Å². The largest absolute Gasteiger partial charge is 0.410 e. The second-order valence-electron chi connectivity index (χ2n) is 8.94. The highest BCUT2D eigenvalue weighted by Crippen LogP contribution is 2.37. The van der Waals surface area contributed by atoms with E-state index in [0.29, 0.717) is 6.42 Å². The predicted molar refractivity (Wildman–Crippen MR) is 119 cm³/mol. The van der Waals surface area contributed by atoms with Crippen LogP contribution in [0.1, 0.15) is 47.0 Å². The molecular weight excluding hydrogens is 336 g/mol. The molecule has 0 aliphatic carbocycles. The van der Waals surface area contributed by atoms with E-state index in [0.717, 1.165) is 12.8 Å². The quantitative estimate of drug-likeness (QED) is 0.290. The molecule has 1 nitrogen and oxygen atoms in total. The van der Waals surface area contributed by atoms with Gasteiger partial charge in [-0.05, 0) is 43.1 Å². The van der Waals surface area contributed by atoms with Crippen molar-refractivity contribution < 1.29 is 4.43 Å². The summed E-state index contributed by atoms with van der Waals surface area (Å²) in [6.45, 7) is 20.3. The third kappa shape index (κ3) is 12.1. The van der Waals surface area contributed by atoms with E-state index >= 15 is 0 Å². The standard InChI is InChI=1S/C22H38OSi2/c1-10-11-15-18-21(23-25(8,9)22(2,3)4)19-16-13-12-14-17-20-24(5,6)7/h11,15-16,19,21H,10,14,18H2,1-9H3/b15-11+,19-16+. The third-order valence-corrected chi connectivity index (χ3v) is 9.59. The second-order valence-corrected chi connectivity index (χ2v) is 18.4. The van der Waals surface area contributed by atoms with Gasteiger partial charge in [-0.15, -0.1) is 5.54 Å². The Bertz CT molecular complexity index is 564. The summed E-state index contributed by atoms with van der Waals surface area (Å²) in [5.41, 5.74) is 3.34. The fourth-order valence-corrected chi connectivity index (χ4v) is 3.64. The van der Waals surface area contributed by atoms with Crippen LogP contribution in [0.25, 0.3) is 0 Å². The van der Waals surface area contributed by atoms with Crippen LogP contribution in [0.2, 0.25) is 37.8 Å². The van der Waals surface area contributed by atoms with Crippen molar-refractivity contribution in [2.75, 3.05) is 0 Å². The van der Waals surface area contributed by atoms with Gasteiger partial charge < -0.3 is 4.43 Å². The molecule has 0 aliphatic rings. The molecule has 140 valence electrons. The first-order chi connectivity index (χ1) is 11.4. The van der Waals surface area contributed by atoms with Crippen LogP contribution in [0.5, 0.6) is 0 Å². The number of hydrogen-bond donors (Lipinski definition) is 0. The molecule has 0 N–H and O–H groups in total. The SMILES string of the molecule is CC/C=C/CC(/C=C/C#CCC#C[Si](C)(C)C)O[Si](C)(C)C(C)(C)C. The van der Waals surface area contributed by atoms with Crippen molar-refractivity contribution in [3.05, 3.63) is 24.3 Å². The lowest BCUT2D eigenvalue weighted by atomic mass is 10.2. The summed E-state index contributed by atoms with van der Waals surface area (Å²) >= 11 is 0. The van der Waals surface area contributed by atoms with E-state index < -0.39 is 16.4 Å². The van der Waals surface area contributed by atoms with Gasteiger partial charge in [0.2, 0.25) is 0 Å². The molecule has 0 aliphatic heterocycles. The molecule has 0 saturated heterocycles. The molecular formula is C22H38OSi2. The van der Waals surface area contributed by atoms with Gasteiger partial charge >= 0.3 is 0 Å². The molecule has 0 aromatic rings. The van der Waals surface area contributed by atoms with Gasteiger partial charge in [-0.3, -0.25) is 0 Å². The molecule has 25 heavy (non-hydrogen) atoms. The summed E-state index contributed by atoms with van der Waals surface area (Å²) in [5.74, 6) is 9.42. The lowest BCUT2D eigenvalue weighted by molar-refractivity contribution is 0.228. The summed E-state index contributed by atoms with van der Waals surface area (Å²) in [6.07, 6.45) is 11.2.